The van der Waals surface area contributed by atoms with E-state index in [1.165, 1.54) is 6.92 Å². The zero-order valence-electron chi connectivity index (χ0n) is 14.2. The monoisotopic (exact) mass is 373 g/mol. The van der Waals surface area contributed by atoms with Gasteiger partial charge in [-0.15, -0.1) is 0 Å². The van der Waals surface area contributed by atoms with Crippen molar-refractivity contribution in [2.45, 2.75) is 18.9 Å². The summed E-state index contributed by atoms with van der Waals surface area (Å²) in [7, 11) is -3.83. The topological polar surface area (TPSA) is 104 Å². The number of nitrogens with one attached hydrogen (secondary N) is 3. The SMILES string of the molecule is C[C@]1(CS(=O)(=O)Nc2ccc(Cc3ccccc3)cc2)NC(=O)NC1=O. The van der Waals surface area contributed by atoms with Crippen molar-refractivity contribution in [1.29, 1.82) is 0 Å². The summed E-state index contributed by atoms with van der Waals surface area (Å²) in [6, 6.07) is 16.3. The van der Waals surface area contributed by atoms with Crippen LogP contribution < -0.4 is 15.4 Å². The molecule has 136 valence electrons. The Balaban J connectivity index is 1.66. The van der Waals surface area contributed by atoms with Crippen LogP contribution in [0.3, 0.4) is 0 Å². The molecule has 1 saturated heterocycles. The van der Waals surface area contributed by atoms with E-state index in [9.17, 15) is 18.0 Å². The van der Waals surface area contributed by atoms with Gasteiger partial charge >= 0.3 is 6.03 Å². The molecule has 1 atom stereocenters. The van der Waals surface area contributed by atoms with Crippen molar-refractivity contribution in [2.24, 2.45) is 0 Å². The summed E-state index contributed by atoms with van der Waals surface area (Å²) in [6.07, 6.45) is 0.748. The summed E-state index contributed by atoms with van der Waals surface area (Å²) >= 11 is 0. The van der Waals surface area contributed by atoms with Gasteiger partial charge in [-0.25, -0.2) is 13.2 Å². The van der Waals surface area contributed by atoms with Crippen LogP contribution in [-0.2, 0) is 21.2 Å². The third-order valence-corrected chi connectivity index (χ3v) is 5.58. The summed E-state index contributed by atoms with van der Waals surface area (Å²) in [4.78, 5) is 23.0. The van der Waals surface area contributed by atoms with E-state index >= 15 is 0 Å². The van der Waals surface area contributed by atoms with E-state index in [0.29, 0.717) is 5.69 Å². The average molecular weight is 373 g/mol. The lowest BCUT2D eigenvalue weighted by Crippen LogP contribution is -2.50. The summed E-state index contributed by atoms with van der Waals surface area (Å²) < 4.78 is 27.1. The fourth-order valence-electron chi connectivity index (χ4n) is 2.80. The number of anilines is 1. The number of benzene rings is 2. The number of carbonyl (C=O) groups excluding carboxylic acids is 2. The lowest BCUT2D eigenvalue weighted by Gasteiger charge is -2.20. The van der Waals surface area contributed by atoms with E-state index in [-0.39, 0.29) is 0 Å². The average Bonchev–Trinajstić information content (AvgIpc) is 2.81. The fraction of sp³-hybridized carbons (Fsp3) is 0.222. The first-order valence-corrected chi connectivity index (χ1v) is 9.68. The minimum Gasteiger partial charge on any atom is -0.322 e. The lowest BCUT2D eigenvalue weighted by atomic mass is 10.1. The van der Waals surface area contributed by atoms with E-state index < -0.39 is 33.3 Å². The van der Waals surface area contributed by atoms with E-state index in [1.807, 2.05) is 47.8 Å². The molecule has 0 bridgehead atoms. The molecule has 1 aliphatic heterocycles. The molecule has 1 fully saturated rings. The van der Waals surface area contributed by atoms with Crippen molar-refractivity contribution in [2.75, 3.05) is 10.5 Å². The Morgan fingerprint density at radius 3 is 2.15 bits per heavy atom. The molecule has 1 aliphatic rings. The summed E-state index contributed by atoms with van der Waals surface area (Å²) in [5, 5.41) is 4.38. The molecular weight excluding hydrogens is 354 g/mol. The molecule has 3 N–H and O–H groups in total. The number of hydrogen-bond donors (Lipinski definition) is 3. The largest absolute Gasteiger partial charge is 0.322 e. The van der Waals surface area contributed by atoms with E-state index in [2.05, 4.69) is 10.0 Å². The van der Waals surface area contributed by atoms with Crippen LogP contribution >= 0.6 is 0 Å². The van der Waals surface area contributed by atoms with Crippen molar-refractivity contribution >= 4 is 27.6 Å². The summed E-state index contributed by atoms with van der Waals surface area (Å²) in [6.45, 7) is 1.37. The van der Waals surface area contributed by atoms with Gasteiger partial charge in [-0.05, 0) is 36.6 Å². The molecule has 2 aromatic rings. The van der Waals surface area contributed by atoms with Crippen molar-refractivity contribution in [1.82, 2.24) is 10.6 Å². The minimum absolute atomic E-state index is 0.398. The highest BCUT2D eigenvalue weighted by atomic mass is 32.2. The van der Waals surface area contributed by atoms with Gasteiger partial charge in [0.2, 0.25) is 10.0 Å². The van der Waals surface area contributed by atoms with Crippen LogP contribution in [0.15, 0.2) is 54.6 Å². The molecule has 26 heavy (non-hydrogen) atoms. The Bertz CT molecular complexity index is 927. The van der Waals surface area contributed by atoms with Crippen LogP contribution in [0.1, 0.15) is 18.1 Å². The third-order valence-electron chi connectivity index (χ3n) is 4.07. The minimum atomic E-state index is -3.83. The van der Waals surface area contributed by atoms with Crippen molar-refractivity contribution in [3.05, 3.63) is 65.7 Å². The normalized spacial score (nSPS) is 19.7. The second kappa shape index (κ2) is 6.80. The van der Waals surface area contributed by atoms with Gasteiger partial charge in [-0.3, -0.25) is 14.8 Å². The Morgan fingerprint density at radius 2 is 1.58 bits per heavy atom. The zero-order chi connectivity index (χ0) is 18.8. The van der Waals surface area contributed by atoms with Crippen LogP contribution in [0.4, 0.5) is 10.5 Å². The molecule has 0 spiro atoms. The molecule has 0 aromatic heterocycles. The molecule has 0 saturated carbocycles. The molecule has 2 aromatic carbocycles. The Labute approximate surface area is 151 Å². The number of urea groups is 1. The number of amides is 3. The first kappa shape index (κ1) is 17.9. The smallest absolute Gasteiger partial charge is 0.322 e. The lowest BCUT2D eigenvalue weighted by molar-refractivity contribution is -0.122. The maximum Gasteiger partial charge on any atom is 0.322 e. The molecule has 3 rings (SSSR count). The van der Waals surface area contributed by atoms with Gasteiger partial charge in [-0.2, -0.15) is 0 Å². The number of carbonyl (C=O) groups is 2. The molecule has 0 unspecified atom stereocenters. The highest BCUT2D eigenvalue weighted by molar-refractivity contribution is 7.92. The first-order valence-electron chi connectivity index (χ1n) is 8.03. The van der Waals surface area contributed by atoms with Crippen LogP contribution in [0.2, 0.25) is 0 Å². The van der Waals surface area contributed by atoms with Crippen molar-refractivity contribution in [3.63, 3.8) is 0 Å². The highest BCUT2D eigenvalue weighted by Gasteiger charge is 2.45. The van der Waals surface area contributed by atoms with E-state index in [4.69, 9.17) is 0 Å². The number of sulfonamides is 1. The van der Waals surface area contributed by atoms with Crippen molar-refractivity contribution in [3.8, 4) is 0 Å². The van der Waals surface area contributed by atoms with Gasteiger partial charge in [0.05, 0.1) is 0 Å². The van der Waals surface area contributed by atoms with Gasteiger partial charge in [0, 0.05) is 5.69 Å². The summed E-state index contributed by atoms with van der Waals surface area (Å²) in [5.74, 6) is -1.21. The quantitative estimate of drug-likeness (QED) is 0.669. The maximum atomic E-state index is 12.3. The molecule has 0 radical (unpaired) electrons. The molecule has 7 nitrogen and oxygen atoms in total. The second-order valence-electron chi connectivity index (χ2n) is 6.46. The van der Waals surface area contributed by atoms with Crippen molar-refractivity contribution < 1.29 is 18.0 Å². The predicted octanol–water partition coefficient (Wildman–Crippen LogP) is 1.62. The standard InChI is InChI=1S/C18H19N3O4S/c1-18(16(22)19-17(23)20-18)12-26(24,25)21-15-9-7-14(8-10-15)11-13-5-3-2-4-6-13/h2-10,21H,11-12H2,1H3,(H2,19,20,22,23)/t18-/m1/s1. The van der Waals surface area contributed by atoms with Gasteiger partial charge in [-0.1, -0.05) is 42.5 Å². The Morgan fingerprint density at radius 1 is 0.962 bits per heavy atom. The van der Waals surface area contributed by atoms with Gasteiger partial charge in [0.1, 0.15) is 11.3 Å². The van der Waals surface area contributed by atoms with E-state index in [1.54, 1.807) is 12.1 Å². The highest BCUT2D eigenvalue weighted by Crippen LogP contribution is 2.18. The second-order valence-corrected chi connectivity index (χ2v) is 8.18. The molecule has 8 heteroatoms. The summed E-state index contributed by atoms with van der Waals surface area (Å²) in [5.41, 5.74) is 1.12. The number of imide groups is 1. The number of hydrogen-bond acceptors (Lipinski definition) is 4. The molecule has 1 heterocycles. The van der Waals surface area contributed by atoms with Crippen LogP contribution in [0.25, 0.3) is 0 Å². The molecular formula is C18H19N3O4S. The van der Waals surface area contributed by atoms with Crippen LogP contribution in [-0.4, -0.2) is 31.6 Å². The predicted molar refractivity (Wildman–Crippen MR) is 98.2 cm³/mol. The maximum absolute atomic E-state index is 12.3. The van der Waals surface area contributed by atoms with Gasteiger partial charge in [0.25, 0.3) is 5.91 Å². The fourth-order valence-corrected chi connectivity index (χ4v) is 4.33. The Kier molecular flexibility index (Phi) is 4.69. The van der Waals surface area contributed by atoms with Crippen LogP contribution in [0.5, 0.6) is 0 Å². The van der Waals surface area contributed by atoms with E-state index in [0.717, 1.165) is 17.5 Å². The molecule has 0 aliphatic carbocycles. The Hall–Kier alpha value is -2.87. The third kappa shape index (κ3) is 4.20. The van der Waals surface area contributed by atoms with Gasteiger partial charge in [0.15, 0.2) is 0 Å². The first-order chi connectivity index (χ1) is 12.3. The zero-order valence-corrected chi connectivity index (χ0v) is 15.0. The molecule has 3 amide bonds. The van der Waals surface area contributed by atoms with Crippen LogP contribution in [0, 0.1) is 0 Å². The van der Waals surface area contributed by atoms with Gasteiger partial charge < -0.3 is 5.32 Å². The number of rotatable bonds is 6.